The molecular weight excluding hydrogens is 464 g/mol. The van der Waals surface area contributed by atoms with Gasteiger partial charge in [-0.1, -0.05) is 56.3 Å². The van der Waals surface area contributed by atoms with Crippen molar-refractivity contribution in [3.8, 4) is 11.3 Å². The van der Waals surface area contributed by atoms with Gasteiger partial charge in [-0.3, -0.25) is 9.59 Å². The fourth-order valence-electron chi connectivity index (χ4n) is 3.83. The molecule has 178 valence electrons. The number of aromatic nitrogens is 1. The highest BCUT2D eigenvalue weighted by atomic mass is 32.2. The Labute approximate surface area is 209 Å². The molecule has 6 nitrogen and oxygen atoms in total. The fraction of sp³-hybridized carbons (Fsp3) is 0.346. The van der Waals surface area contributed by atoms with Crippen LogP contribution < -0.4 is 10.2 Å². The molecule has 2 amide bonds. The molecule has 0 bridgehead atoms. The molecule has 0 radical (unpaired) electrons. The second-order valence-electron chi connectivity index (χ2n) is 8.56. The van der Waals surface area contributed by atoms with Gasteiger partial charge in [0.15, 0.2) is 5.13 Å². The van der Waals surface area contributed by atoms with Crippen LogP contribution in [-0.2, 0) is 9.59 Å². The molecule has 0 unspecified atom stereocenters. The van der Waals surface area contributed by atoms with Crippen LogP contribution in [0.1, 0.15) is 25.3 Å². The van der Waals surface area contributed by atoms with E-state index in [1.807, 2.05) is 28.5 Å². The smallest absolute Gasteiger partial charge is 0.236 e. The molecule has 2 aromatic carbocycles. The van der Waals surface area contributed by atoms with Crippen LogP contribution in [0.4, 0.5) is 10.8 Å². The van der Waals surface area contributed by atoms with Crippen LogP contribution in [0.15, 0.2) is 60.0 Å². The van der Waals surface area contributed by atoms with E-state index in [1.54, 1.807) is 0 Å². The summed E-state index contributed by atoms with van der Waals surface area (Å²) in [6, 6.07) is 18.6. The molecule has 1 aliphatic rings. The topological polar surface area (TPSA) is 65.5 Å². The SMILES string of the molecule is CC(C)c1ccc(-c2csc(NC(=O)CSCC(=O)N3CCN(c4ccccc4)CC3)n2)cc1. The average Bonchev–Trinajstić information content (AvgIpc) is 3.33. The normalized spacial score (nSPS) is 13.9. The van der Waals surface area contributed by atoms with Gasteiger partial charge in [0.05, 0.1) is 17.2 Å². The lowest BCUT2D eigenvalue weighted by Gasteiger charge is -2.36. The number of hydrogen-bond donors (Lipinski definition) is 1. The first kappa shape index (κ1) is 24.3. The molecule has 0 saturated carbocycles. The molecule has 1 aliphatic heterocycles. The van der Waals surface area contributed by atoms with Gasteiger partial charge in [0, 0.05) is 42.8 Å². The lowest BCUT2D eigenvalue weighted by molar-refractivity contribution is -0.128. The van der Waals surface area contributed by atoms with Gasteiger partial charge >= 0.3 is 0 Å². The summed E-state index contributed by atoms with van der Waals surface area (Å²) in [6.07, 6.45) is 0. The Morgan fingerprint density at radius 3 is 2.38 bits per heavy atom. The Hall–Kier alpha value is -2.84. The van der Waals surface area contributed by atoms with Crippen molar-refractivity contribution in [2.45, 2.75) is 19.8 Å². The number of nitrogens with zero attached hydrogens (tertiary/aromatic N) is 3. The van der Waals surface area contributed by atoms with Gasteiger partial charge in [-0.2, -0.15) is 0 Å². The molecule has 0 aliphatic carbocycles. The van der Waals surface area contributed by atoms with E-state index in [0.29, 0.717) is 29.9 Å². The number of benzene rings is 2. The highest BCUT2D eigenvalue weighted by molar-refractivity contribution is 8.00. The Balaban J connectivity index is 1.18. The third-order valence-electron chi connectivity index (χ3n) is 5.84. The maximum atomic E-state index is 12.6. The van der Waals surface area contributed by atoms with Gasteiger partial charge in [0.2, 0.25) is 11.8 Å². The van der Waals surface area contributed by atoms with Crippen LogP contribution in [0.2, 0.25) is 0 Å². The third kappa shape index (κ3) is 6.39. The molecule has 34 heavy (non-hydrogen) atoms. The maximum absolute atomic E-state index is 12.6. The van der Waals surface area contributed by atoms with E-state index in [0.717, 1.165) is 24.3 Å². The summed E-state index contributed by atoms with van der Waals surface area (Å²) in [5.74, 6) is 0.981. The Bertz CT molecular complexity index is 1090. The summed E-state index contributed by atoms with van der Waals surface area (Å²) in [5.41, 5.74) is 4.37. The van der Waals surface area contributed by atoms with Gasteiger partial charge < -0.3 is 15.1 Å². The standard InChI is InChI=1S/C26H30N4O2S2/c1-19(2)20-8-10-21(11-9-20)23-16-34-26(27-23)28-24(31)17-33-18-25(32)30-14-12-29(13-15-30)22-6-4-3-5-7-22/h3-11,16,19H,12-15,17-18H2,1-2H3,(H,27,28,31). The largest absolute Gasteiger partial charge is 0.368 e. The molecule has 8 heteroatoms. The van der Waals surface area contributed by atoms with Crippen molar-refractivity contribution in [2.75, 3.05) is 47.9 Å². The van der Waals surface area contributed by atoms with Crippen molar-refractivity contribution in [3.63, 3.8) is 0 Å². The number of piperazine rings is 1. The lowest BCUT2D eigenvalue weighted by atomic mass is 10.0. The summed E-state index contributed by atoms with van der Waals surface area (Å²) < 4.78 is 0. The first-order chi connectivity index (χ1) is 16.5. The Morgan fingerprint density at radius 1 is 1.00 bits per heavy atom. The van der Waals surface area contributed by atoms with Crippen molar-refractivity contribution in [1.29, 1.82) is 0 Å². The van der Waals surface area contributed by atoms with Gasteiger partial charge in [-0.25, -0.2) is 4.98 Å². The van der Waals surface area contributed by atoms with Crippen molar-refractivity contribution >= 4 is 45.7 Å². The predicted molar refractivity (Wildman–Crippen MR) is 143 cm³/mol. The van der Waals surface area contributed by atoms with E-state index < -0.39 is 0 Å². The Kier molecular flexibility index (Phi) is 8.24. The Morgan fingerprint density at radius 2 is 1.71 bits per heavy atom. The van der Waals surface area contributed by atoms with Crippen LogP contribution in [-0.4, -0.2) is 59.4 Å². The highest BCUT2D eigenvalue weighted by Crippen LogP contribution is 2.26. The van der Waals surface area contributed by atoms with Crippen LogP contribution in [0.3, 0.4) is 0 Å². The number of carbonyl (C=O) groups excluding carboxylic acids is 2. The number of nitrogens with one attached hydrogen (secondary N) is 1. The minimum absolute atomic E-state index is 0.0897. The number of anilines is 2. The number of amides is 2. The molecule has 0 atom stereocenters. The first-order valence-electron chi connectivity index (χ1n) is 11.5. The van der Waals surface area contributed by atoms with E-state index >= 15 is 0 Å². The van der Waals surface area contributed by atoms with Crippen molar-refractivity contribution in [2.24, 2.45) is 0 Å². The van der Waals surface area contributed by atoms with Crippen molar-refractivity contribution in [3.05, 3.63) is 65.5 Å². The summed E-state index contributed by atoms with van der Waals surface area (Å²) in [4.78, 5) is 33.6. The maximum Gasteiger partial charge on any atom is 0.236 e. The van der Waals surface area contributed by atoms with E-state index in [-0.39, 0.29) is 17.6 Å². The summed E-state index contributed by atoms with van der Waals surface area (Å²) in [5, 5.41) is 5.39. The number of rotatable bonds is 8. The molecule has 1 fully saturated rings. The van der Waals surface area contributed by atoms with Crippen LogP contribution >= 0.6 is 23.1 Å². The number of para-hydroxylation sites is 1. The molecule has 1 aromatic heterocycles. The van der Waals surface area contributed by atoms with Gasteiger partial charge in [0.25, 0.3) is 0 Å². The number of thioether (sulfide) groups is 1. The zero-order chi connectivity index (χ0) is 23.9. The van der Waals surface area contributed by atoms with Crippen LogP contribution in [0.5, 0.6) is 0 Å². The van der Waals surface area contributed by atoms with Crippen LogP contribution in [0, 0.1) is 0 Å². The number of thiazole rings is 1. The van der Waals surface area contributed by atoms with Crippen LogP contribution in [0.25, 0.3) is 11.3 Å². The van der Waals surface area contributed by atoms with Gasteiger partial charge in [-0.05, 0) is 23.6 Å². The molecule has 2 heterocycles. The number of hydrogen-bond acceptors (Lipinski definition) is 6. The third-order valence-corrected chi connectivity index (χ3v) is 7.51. The molecule has 4 rings (SSSR count). The highest BCUT2D eigenvalue weighted by Gasteiger charge is 2.21. The number of carbonyl (C=O) groups is 2. The minimum Gasteiger partial charge on any atom is -0.368 e. The zero-order valence-electron chi connectivity index (χ0n) is 19.6. The molecule has 3 aromatic rings. The molecular formula is C26H30N4O2S2. The van der Waals surface area contributed by atoms with E-state index in [4.69, 9.17) is 0 Å². The lowest BCUT2D eigenvalue weighted by Crippen LogP contribution is -2.49. The van der Waals surface area contributed by atoms with Gasteiger partial charge in [-0.15, -0.1) is 23.1 Å². The second kappa shape index (κ2) is 11.5. The van der Waals surface area contributed by atoms with E-state index in [1.165, 1.54) is 34.3 Å². The van der Waals surface area contributed by atoms with Crippen molar-refractivity contribution < 1.29 is 9.59 Å². The molecule has 0 spiro atoms. The summed E-state index contributed by atoms with van der Waals surface area (Å²) >= 11 is 2.76. The first-order valence-corrected chi connectivity index (χ1v) is 13.5. The van der Waals surface area contributed by atoms with E-state index in [2.05, 4.69) is 65.4 Å². The zero-order valence-corrected chi connectivity index (χ0v) is 21.2. The summed E-state index contributed by atoms with van der Waals surface area (Å²) in [6.45, 7) is 7.41. The monoisotopic (exact) mass is 494 g/mol. The second-order valence-corrected chi connectivity index (χ2v) is 10.4. The van der Waals surface area contributed by atoms with Crippen molar-refractivity contribution in [1.82, 2.24) is 9.88 Å². The molecule has 1 N–H and O–H groups in total. The fourth-order valence-corrected chi connectivity index (χ4v) is 5.29. The summed E-state index contributed by atoms with van der Waals surface area (Å²) in [7, 11) is 0. The van der Waals surface area contributed by atoms with Gasteiger partial charge in [0.1, 0.15) is 0 Å². The predicted octanol–water partition coefficient (Wildman–Crippen LogP) is 4.95. The van der Waals surface area contributed by atoms with E-state index in [9.17, 15) is 9.59 Å². The average molecular weight is 495 g/mol. The molecule has 1 saturated heterocycles. The minimum atomic E-state index is -0.136. The quantitative estimate of drug-likeness (QED) is 0.480.